The number of aliphatic hydroxyl groups is 2. The third-order valence-electron chi connectivity index (χ3n) is 9.30. The van der Waals surface area contributed by atoms with Crippen LogP contribution in [-0.2, 0) is 19.1 Å². The lowest BCUT2D eigenvalue weighted by molar-refractivity contribution is -0.220. The lowest BCUT2D eigenvalue weighted by Gasteiger charge is -2.62. The molecule has 0 aliphatic heterocycles. The van der Waals surface area contributed by atoms with Gasteiger partial charge in [-0.2, -0.15) is 0 Å². The van der Waals surface area contributed by atoms with Gasteiger partial charge in [-0.1, -0.05) is 32.4 Å². The minimum Gasteiger partial charge on any atom is -0.458 e. The van der Waals surface area contributed by atoms with Gasteiger partial charge in [-0.3, -0.25) is 14.4 Å². The summed E-state index contributed by atoms with van der Waals surface area (Å²) in [6.45, 7) is 6.35. The summed E-state index contributed by atoms with van der Waals surface area (Å²) in [5.41, 5.74) is -5.33. The van der Waals surface area contributed by atoms with E-state index in [0.717, 1.165) is 0 Å². The number of ether oxygens (including phenoxy) is 1. The Hall–Kier alpha value is -1.86. The molecule has 3 saturated carbocycles. The Morgan fingerprint density at radius 2 is 1.97 bits per heavy atom. The number of esters is 1. The van der Waals surface area contributed by atoms with E-state index < -0.39 is 58.4 Å². The standard InChI is InChI=1S/C25H33FO6/c1-5-21(30)32-13-20(29)25(31)14(2)10-18-17-7-6-15-11-16(27)8-9-22(15,3)24(17,26)19(28)12-23(18,25)4/h8-9,11,14,17-19,28,31H,5-7,10,12-13H2,1-4H3/t14-,17+,18-,19-,22-,23-,24+,25-/m0/s1. The maximum Gasteiger partial charge on any atom is 0.305 e. The van der Waals surface area contributed by atoms with Crippen LogP contribution >= 0.6 is 0 Å². The van der Waals surface area contributed by atoms with E-state index in [-0.39, 0.29) is 24.5 Å². The molecule has 0 amide bonds. The van der Waals surface area contributed by atoms with E-state index in [4.69, 9.17) is 4.74 Å². The second kappa shape index (κ2) is 7.32. The predicted octanol–water partition coefficient (Wildman–Crippen LogP) is 2.86. The molecule has 0 aromatic heterocycles. The number of hydrogen-bond donors (Lipinski definition) is 2. The summed E-state index contributed by atoms with van der Waals surface area (Å²) in [6.07, 6.45) is 4.42. The number of rotatable bonds is 4. The molecule has 8 atom stereocenters. The van der Waals surface area contributed by atoms with Gasteiger partial charge < -0.3 is 14.9 Å². The summed E-state index contributed by atoms with van der Waals surface area (Å²) in [5.74, 6) is -2.70. The second-order valence-electron chi connectivity index (χ2n) is 10.6. The van der Waals surface area contributed by atoms with Crippen molar-refractivity contribution in [2.75, 3.05) is 6.61 Å². The van der Waals surface area contributed by atoms with Gasteiger partial charge in [0.15, 0.2) is 18.1 Å². The monoisotopic (exact) mass is 448 g/mol. The zero-order valence-electron chi connectivity index (χ0n) is 19.2. The summed E-state index contributed by atoms with van der Waals surface area (Å²) in [5, 5.41) is 23.0. The van der Waals surface area contributed by atoms with Crippen molar-refractivity contribution < 1.29 is 33.7 Å². The van der Waals surface area contributed by atoms with E-state index in [1.165, 1.54) is 12.2 Å². The highest BCUT2D eigenvalue weighted by Crippen LogP contribution is 2.70. The molecule has 2 N–H and O–H groups in total. The molecule has 0 unspecified atom stereocenters. The highest BCUT2D eigenvalue weighted by molar-refractivity contribution is 6.01. The van der Waals surface area contributed by atoms with Crippen LogP contribution in [0.25, 0.3) is 0 Å². The number of carbonyl (C=O) groups excluding carboxylic acids is 3. The fourth-order valence-corrected chi connectivity index (χ4v) is 7.50. The van der Waals surface area contributed by atoms with E-state index in [1.807, 2.05) is 0 Å². The number of aliphatic hydroxyl groups excluding tert-OH is 1. The van der Waals surface area contributed by atoms with E-state index in [2.05, 4.69) is 0 Å². The van der Waals surface area contributed by atoms with E-state index in [1.54, 1.807) is 33.8 Å². The van der Waals surface area contributed by atoms with Gasteiger partial charge in [0, 0.05) is 23.2 Å². The first-order valence-electron chi connectivity index (χ1n) is 11.6. The molecule has 0 radical (unpaired) electrons. The van der Waals surface area contributed by atoms with E-state index in [0.29, 0.717) is 24.8 Å². The zero-order valence-corrected chi connectivity index (χ0v) is 19.2. The number of carbonyl (C=O) groups is 3. The molecule has 4 rings (SSSR count). The maximum atomic E-state index is 17.1. The SMILES string of the molecule is CCC(=O)OCC(=O)[C@@]1(O)[C@@H](C)C[C@H]2[C@H]3CCC4=CC(=O)C=C[C@]4(C)[C@]3(F)[C@@H](O)C[C@@]21C. The van der Waals surface area contributed by atoms with Gasteiger partial charge in [-0.25, -0.2) is 4.39 Å². The summed E-state index contributed by atoms with van der Waals surface area (Å²) in [7, 11) is 0. The molecule has 6 nitrogen and oxygen atoms in total. The number of allylic oxidation sites excluding steroid dienone is 4. The molecule has 3 fully saturated rings. The van der Waals surface area contributed by atoms with Crippen molar-refractivity contribution >= 4 is 17.5 Å². The smallest absolute Gasteiger partial charge is 0.305 e. The third kappa shape index (κ3) is 2.73. The number of alkyl halides is 1. The van der Waals surface area contributed by atoms with Crippen LogP contribution in [0.2, 0.25) is 0 Å². The van der Waals surface area contributed by atoms with Gasteiger partial charge in [0.1, 0.15) is 5.60 Å². The van der Waals surface area contributed by atoms with Crippen molar-refractivity contribution in [1.29, 1.82) is 0 Å². The molecular formula is C25H33FO6. The molecule has 4 aliphatic rings. The van der Waals surface area contributed by atoms with Gasteiger partial charge in [-0.15, -0.1) is 0 Å². The summed E-state index contributed by atoms with van der Waals surface area (Å²) >= 11 is 0. The number of fused-ring (bicyclic) bond motifs is 5. The van der Waals surface area contributed by atoms with Crippen LogP contribution in [0.5, 0.6) is 0 Å². The molecule has 0 aromatic carbocycles. The average Bonchev–Trinajstić information content (AvgIpc) is 2.94. The van der Waals surface area contributed by atoms with Gasteiger partial charge in [0.2, 0.25) is 5.78 Å². The van der Waals surface area contributed by atoms with Crippen LogP contribution in [0.15, 0.2) is 23.8 Å². The molecule has 0 bridgehead atoms. The largest absolute Gasteiger partial charge is 0.458 e. The Labute approximate surface area is 187 Å². The number of ketones is 2. The highest BCUT2D eigenvalue weighted by atomic mass is 19.1. The molecule has 4 aliphatic carbocycles. The number of Topliss-reactive ketones (excluding diaryl/α,β-unsaturated/α-hetero) is 1. The Morgan fingerprint density at radius 3 is 2.62 bits per heavy atom. The van der Waals surface area contributed by atoms with Crippen LogP contribution in [0.1, 0.15) is 59.8 Å². The molecule has 0 saturated heterocycles. The van der Waals surface area contributed by atoms with Gasteiger partial charge in [-0.05, 0) is 56.6 Å². The summed E-state index contributed by atoms with van der Waals surface area (Å²) < 4.78 is 22.1. The fourth-order valence-electron chi connectivity index (χ4n) is 7.50. The lowest BCUT2D eigenvalue weighted by atomic mass is 9.44. The van der Waals surface area contributed by atoms with Crippen molar-refractivity contribution in [2.45, 2.75) is 77.2 Å². The third-order valence-corrected chi connectivity index (χ3v) is 9.30. The van der Waals surface area contributed by atoms with Crippen LogP contribution in [0, 0.1) is 28.6 Å². The Bertz CT molecular complexity index is 925. The van der Waals surface area contributed by atoms with Crippen molar-refractivity contribution in [1.82, 2.24) is 0 Å². The van der Waals surface area contributed by atoms with Crippen LogP contribution < -0.4 is 0 Å². The van der Waals surface area contributed by atoms with Crippen molar-refractivity contribution in [2.24, 2.45) is 28.6 Å². The van der Waals surface area contributed by atoms with Crippen LogP contribution in [0.3, 0.4) is 0 Å². The Morgan fingerprint density at radius 1 is 1.28 bits per heavy atom. The highest BCUT2D eigenvalue weighted by Gasteiger charge is 2.75. The zero-order chi connectivity index (χ0) is 23.7. The Kier molecular flexibility index (Phi) is 5.33. The van der Waals surface area contributed by atoms with Crippen molar-refractivity contribution in [3.8, 4) is 0 Å². The average molecular weight is 449 g/mol. The predicted molar refractivity (Wildman–Crippen MR) is 114 cm³/mol. The minimum atomic E-state index is -2.01. The summed E-state index contributed by atoms with van der Waals surface area (Å²) in [6, 6.07) is 0. The first-order chi connectivity index (χ1) is 14.9. The first-order valence-corrected chi connectivity index (χ1v) is 11.6. The van der Waals surface area contributed by atoms with Gasteiger partial charge in [0.25, 0.3) is 0 Å². The first kappa shape index (κ1) is 23.3. The topological polar surface area (TPSA) is 101 Å². The molecule has 0 aromatic rings. The molecular weight excluding hydrogens is 415 g/mol. The number of hydrogen-bond acceptors (Lipinski definition) is 6. The molecule has 0 spiro atoms. The van der Waals surface area contributed by atoms with Crippen LogP contribution in [0.4, 0.5) is 4.39 Å². The van der Waals surface area contributed by atoms with Crippen molar-refractivity contribution in [3.63, 3.8) is 0 Å². The molecule has 176 valence electrons. The van der Waals surface area contributed by atoms with Crippen molar-refractivity contribution in [3.05, 3.63) is 23.8 Å². The van der Waals surface area contributed by atoms with Gasteiger partial charge in [0.05, 0.1) is 6.10 Å². The molecule has 7 heteroatoms. The number of halogens is 1. The molecule has 32 heavy (non-hydrogen) atoms. The second-order valence-corrected chi connectivity index (χ2v) is 10.6. The quantitative estimate of drug-likeness (QED) is 0.642. The Balaban J connectivity index is 1.73. The molecule has 0 heterocycles. The van der Waals surface area contributed by atoms with Crippen LogP contribution in [-0.4, -0.2) is 51.7 Å². The fraction of sp³-hybridized carbons (Fsp3) is 0.720. The van der Waals surface area contributed by atoms with E-state index in [9.17, 15) is 24.6 Å². The lowest BCUT2D eigenvalue weighted by Crippen LogP contribution is -2.69. The normalized spacial score (nSPS) is 47.2. The summed E-state index contributed by atoms with van der Waals surface area (Å²) in [4.78, 5) is 36.7. The maximum absolute atomic E-state index is 17.1. The van der Waals surface area contributed by atoms with E-state index >= 15 is 4.39 Å². The van der Waals surface area contributed by atoms with Gasteiger partial charge >= 0.3 is 5.97 Å². The minimum absolute atomic E-state index is 0.0936.